The molecule has 1 aliphatic heterocycles. The highest BCUT2D eigenvalue weighted by Crippen LogP contribution is 2.23. The van der Waals surface area contributed by atoms with E-state index in [4.69, 9.17) is 0 Å². The Labute approximate surface area is 156 Å². The molecule has 2 aromatic carbocycles. The van der Waals surface area contributed by atoms with E-state index in [1.54, 1.807) is 51.1 Å². The Morgan fingerprint density at radius 1 is 0.926 bits per heavy atom. The number of nitrogens with one attached hydrogen (secondary N) is 2. The van der Waals surface area contributed by atoms with E-state index in [2.05, 4.69) is 10.7 Å². The second-order valence-corrected chi connectivity index (χ2v) is 6.55. The lowest BCUT2D eigenvalue weighted by atomic mass is 10.1. The normalized spacial score (nSPS) is 13.0. The summed E-state index contributed by atoms with van der Waals surface area (Å²) in [6, 6.07) is 11.3. The van der Waals surface area contributed by atoms with Crippen LogP contribution in [0.25, 0.3) is 0 Å². The summed E-state index contributed by atoms with van der Waals surface area (Å²) in [5.74, 6) is -2.14. The first kappa shape index (κ1) is 18.3. The molecule has 0 fully saturated rings. The fourth-order valence-corrected chi connectivity index (χ4v) is 2.75. The fraction of sp³-hybridized carbons (Fsp3) is 0.200. The summed E-state index contributed by atoms with van der Waals surface area (Å²) in [6.07, 6.45) is 0. The van der Waals surface area contributed by atoms with Gasteiger partial charge < -0.3 is 5.32 Å². The van der Waals surface area contributed by atoms with E-state index in [1.807, 2.05) is 0 Å². The molecule has 27 heavy (non-hydrogen) atoms. The molecular formula is C20H19N3O4. The topological polar surface area (TPSA) is 95.6 Å². The fourth-order valence-electron chi connectivity index (χ4n) is 2.75. The molecule has 7 nitrogen and oxygen atoms in total. The van der Waals surface area contributed by atoms with Crippen LogP contribution in [0.15, 0.2) is 42.5 Å². The molecule has 3 rings (SSSR count). The molecule has 1 heterocycles. The zero-order valence-corrected chi connectivity index (χ0v) is 15.2. The minimum absolute atomic E-state index is 0.170. The van der Waals surface area contributed by atoms with Gasteiger partial charge in [0.2, 0.25) is 5.91 Å². The number of benzene rings is 2. The molecule has 4 amide bonds. The van der Waals surface area contributed by atoms with Crippen LogP contribution in [-0.2, 0) is 4.79 Å². The second kappa shape index (κ2) is 7.03. The minimum Gasteiger partial charge on any atom is -0.326 e. The van der Waals surface area contributed by atoms with E-state index in [-0.39, 0.29) is 28.5 Å². The molecule has 0 bridgehead atoms. The van der Waals surface area contributed by atoms with Gasteiger partial charge in [-0.1, -0.05) is 32.0 Å². The lowest BCUT2D eigenvalue weighted by Crippen LogP contribution is -2.46. The summed E-state index contributed by atoms with van der Waals surface area (Å²) in [7, 11) is 0. The Morgan fingerprint density at radius 3 is 2.07 bits per heavy atom. The lowest BCUT2D eigenvalue weighted by molar-refractivity contribution is -0.118. The number of imide groups is 1. The monoisotopic (exact) mass is 365 g/mol. The molecular weight excluding hydrogens is 346 g/mol. The maximum atomic E-state index is 12.7. The maximum Gasteiger partial charge on any atom is 0.280 e. The number of hydrazine groups is 1. The van der Waals surface area contributed by atoms with Gasteiger partial charge in [-0.2, -0.15) is 5.01 Å². The van der Waals surface area contributed by atoms with Crippen molar-refractivity contribution in [1.29, 1.82) is 0 Å². The molecule has 0 aromatic heterocycles. The van der Waals surface area contributed by atoms with Gasteiger partial charge in [-0.25, -0.2) is 0 Å². The second-order valence-electron chi connectivity index (χ2n) is 6.55. The van der Waals surface area contributed by atoms with Gasteiger partial charge in [0.1, 0.15) is 0 Å². The molecule has 2 N–H and O–H groups in total. The molecule has 0 atom stereocenters. The summed E-state index contributed by atoms with van der Waals surface area (Å²) >= 11 is 0. The zero-order valence-electron chi connectivity index (χ0n) is 15.2. The first-order chi connectivity index (χ1) is 12.8. The van der Waals surface area contributed by atoms with Gasteiger partial charge in [0, 0.05) is 17.2 Å². The third kappa shape index (κ3) is 3.31. The molecule has 0 aliphatic carbocycles. The molecule has 0 saturated heterocycles. The molecule has 7 heteroatoms. The predicted octanol–water partition coefficient (Wildman–Crippen LogP) is 2.53. The summed E-state index contributed by atoms with van der Waals surface area (Å²) in [5, 5.41) is 3.48. The van der Waals surface area contributed by atoms with Crippen molar-refractivity contribution in [1.82, 2.24) is 10.4 Å². The number of fused-ring (bicyclic) bond motifs is 1. The van der Waals surface area contributed by atoms with Gasteiger partial charge in [0.05, 0.1) is 11.1 Å². The van der Waals surface area contributed by atoms with E-state index in [1.165, 1.54) is 12.1 Å². The number of carbonyl (C=O) groups excluding carboxylic acids is 4. The van der Waals surface area contributed by atoms with Crippen LogP contribution in [0.5, 0.6) is 0 Å². The van der Waals surface area contributed by atoms with Crippen LogP contribution in [0.2, 0.25) is 0 Å². The van der Waals surface area contributed by atoms with Gasteiger partial charge in [0.15, 0.2) is 0 Å². The van der Waals surface area contributed by atoms with E-state index in [0.29, 0.717) is 16.3 Å². The highest BCUT2D eigenvalue weighted by atomic mass is 16.2. The minimum atomic E-state index is -0.609. The Balaban J connectivity index is 1.83. The van der Waals surface area contributed by atoms with Crippen LogP contribution < -0.4 is 10.7 Å². The van der Waals surface area contributed by atoms with Crippen LogP contribution >= 0.6 is 0 Å². The largest absolute Gasteiger partial charge is 0.326 e. The maximum absolute atomic E-state index is 12.7. The highest BCUT2D eigenvalue weighted by Gasteiger charge is 2.36. The summed E-state index contributed by atoms with van der Waals surface area (Å²) < 4.78 is 0. The molecule has 0 saturated carbocycles. The SMILES string of the molecule is Cc1c(NC(=O)C(C)C)cccc1C(=O)NN1C(=O)c2ccccc2C1=O. The molecule has 0 radical (unpaired) electrons. The number of nitrogens with zero attached hydrogens (tertiary/aromatic N) is 1. The van der Waals surface area contributed by atoms with Crippen LogP contribution in [0.1, 0.15) is 50.5 Å². The Bertz CT molecular complexity index is 930. The number of rotatable bonds is 4. The standard InChI is InChI=1S/C20H19N3O4/c1-11(2)17(24)21-16-10-6-9-13(12(16)3)18(25)22-23-19(26)14-7-4-5-8-15(14)20(23)27/h4-11H,1-3H3,(H,21,24)(H,22,25). The summed E-state index contributed by atoms with van der Waals surface area (Å²) in [5.41, 5.74) is 4.17. The Hall–Kier alpha value is -3.48. The van der Waals surface area contributed by atoms with Gasteiger partial charge >= 0.3 is 0 Å². The third-order valence-corrected chi connectivity index (χ3v) is 4.37. The van der Waals surface area contributed by atoms with Crippen molar-refractivity contribution in [3.63, 3.8) is 0 Å². The first-order valence-electron chi connectivity index (χ1n) is 8.50. The van der Waals surface area contributed by atoms with Gasteiger partial charge in [-0.15, -0.1) is 0 Å². The van der Waals surface area contributed by atoms with Crippen molar-refractivity contribution in [2.24, 2.45) is 5.92 Å². The lowest BCUT2D eigenvalue weighted by Gasteiger charge is -2.17. The van der Waals surface area contributed by atoms with Crippen molar-refractivity contribution >= 4 is 29.3 Å². The molecule has 2 aromatic rings. The number of carbonyl (C=O) groups is 4. The quantitative estimate of drug-likeness (QED) is 0.814. The smallest absolute Gasteiger partial charge is 0.280 e. The van der Waals surface area contributed by atoms with E-state index in [0.717, 1.165) is 0 Å². The third-order valence-electron chi connectivity index (χ3n) is 4.37. The Morgan fingerprint density at radius 2 is 1.52 bits per heavy atom. The molecule has 0 unspecified atom stereocenters. The number of amides is 4. The van der Waals surface area contributed by atoms with E-state index < -0.39 is 17.7 Å². The van der Waals surface area contributed by atoms with Crippen molar-refractivity contribution in [2.75, 3.05) is 5.32 Å². The van der Waals surface area contributed by atoms with Crippen molar-refractivity contribution in [2.45, 2.75) is 20.8 Å². The number of hydrogen-bond donors (Lipinski definition) is 2. The van der Waals surface area contributed by atoms with Crippen molar-refractivity contribution in [3.05, 3.63) is 64.7 Å². The van der Waals surface area contributed by atoms with Crippen molar-refractivity contribution < 1.29 is 19.2 Å². The Kier molecular flexibility index (Phi) is 4.77. The van der Waals surface area contributed by atoms with Gasteiger partial charge in [0.25, 0.3) is 17.7 Å². The van der Waals surface area contributed by atoms with Crippen LogP contribution in [0.4, 0.5) is 5.69 Å². The number of hydrogen-bond acceptors (Lipinski definition) is 4. The highest BCUT2D eigenvalue weighted by molar-refractivity contribution is 6.22. The van der Waals surface area contributed by atoms with Crippen LogP contribution in [-0.4, -0.2) is 28.6 Å². The summed E-state index contributed by atoms with van der Waals surface area (Å²) in [4.78, 5) is 49.4. The summed E-state index contributed by atoms with van der Waals surface area (Å²) in [6.45, 7) is 5.22. The van der Waals surface area contributed by atoms with Crippen LogP contribution in [0, 0.1) is 12.8 Å². The van der Waals surface area contributed by atoms with E-state index >= 15 is 0 Å². The van der Waals surface area contributed by atoms with Crippen molar-refractivity contribution in [3.8, 4) is 0 Å². The average Bonchev–Trinajstić information content (AvgIpc) is 2.88. The molecule has 138 valence electrons. The van der Waals surface area contributed by atoms with E-state index in [9.17, 15) is 19.2 Å². The average molecular weight is 365 g/mol. The van der Waals surface area contributed by atoms with Gasteiger partial charge in [-0.05, 0) is 36.8 Å². The molecule has 1 aliphatic rings. The number of anilines is 1. The zero-order chi connectivity index (χ0) is 19.7. The van der Waals surface area contributed by atoms with Crippen LogP contribution in [0.3, 0.4) is 0 Å². The first-order valence-corrected chi connectivity index (χ1v) is 8.50. The van der Waals surface area contributed by atoms with Gasteiger partial charge in [-0.3, -0.25) is 24.6 Å². The molecule has 0 spiro atoms. The predicted molar refractivity (Wildman–Crippen MR) is 99.1 cm³/mol.